The number of ketones is 1. The highest BCUT2D eigenvalue weighted by Gasteiger charge is 2.32. The van der Waals surface area contributed by atoms with Crippen molar-refractivity contribution in [2.45, 2.75) is 46.1 Å². The molecule has 204 valence electrons. The summed E-state index contributed by atoms with van der Waals surface area (Å²) >= 11 is 0. The molecule has 2 aliphatic heterocycles. The molecule has 3 N–H and O–H groups in total. The third kappa shape index (κ3) is 5.34. The number of carbonyl (C=O) groups excluding carboxylic acids is 2. The van der Waals surface area contributed by atoms with Crippen molar-refractivity contribution >= 4 is 23.2 Å². The van der Waals surface area contributed by atoms with Gasteiger partial charge in [-0.3, -0.25) is 15.0 Å². The Balaban J connectivity index is 1.64. The van der Waals surface area contributed by atoms with Crippen LogP contribution in [0.1, 0.15) is 71.5 Å². The summed E-state index contributed by atoms with van der Waals surface area (Å²) in [6.07, 6.45) is 0.632. The first-order valence-corrected chi connectivity index (χ1v) is 13.1. The van der Waals surface area contributed by atoms with Crippen LogP contribution in [0.15, 0.2) is 24.3 Å². The average Bonchev–Trinajstić information content (AvgIpc) is 3.19. The number of benzene rings is 2. The molecule has 0 saturated carbocycles. The molecule has 9 nitrogen and oxygen atoms in total. The Bertz CT molecular complexity index is 1250. The first kappa shape index (κ1) is 27.4. The molecule has 2 aromatic rings. The largest absolute Gasteiger partial charge is 0.493 e. The van der Waals surface area contributed by atoms with Crippen LogP contribution in [0, 0.1) is 5.41 Å². The number of rotatable bonds is 9. The SMILES string of the molecule is CCOc1cc2c(cc1C(=O)NC)C(=N)N(CC(=O)c1cc3c(c(C(C)(C)C)c1)OCCN3CCCO)C2. The molecule has 0 saturated heterocycles. The molecule has 0 aromatic heterocycles. The number of hydrogen-bond acceptors (Lipinski definition) is 7. The lowest BCUT2D eigenvalue weighted by Gasteiger charge is -2.35. The van der Waals surface area contributed by atoms with E-state index in [1.165, 1.54) is 0 Å². The van der Waals surface area contributed by atoms with Gasteiger partial charge in [-0.25, -0.2) is 0 Å². The van der Waals surface area contributed by atoms with Crippen molar-refractivity contribution in [2.24, 2.45) is 0 Å². The predicted molar refractivity (Wildman–Crippen MR) is 147 cm³/mol. The van der Waals surface area contributed by atoms with Gasteiger partial charge in [-0.2, -0.15) is 0 Å². The number of fused-ring (bicyclic) bond motifs is 2. The summed E-state index contributed by atoms with van der Waals surface area (Å²) in [5.74, 6) is 1.10. The van der Waals surface area contributed by atoms with Crippen LogP contribution in [0.5, 0.6) is 11.5 Å². The van der Waals surface area contributed by atoms with Crippen molar-refractivity contribution in [3.63, 3.8) is 0 Å². The number of amidine groups is 1. The number of amides is 1. The maximum absolute atomic E-state index is 13.6. The van der Waals surface area contributed by atoms with Crippen molar-refractivity contribution in [2.75, 3.05) is 51.4 Å². The van der Waals surface area contributed by atoms with Gasteiger partial charge in [0.1, 0.15) is 23.9 Å². The molecule has 2 aromatic carbocycles. The molecule has 0 spiro atoms. The second-order valence-corrected chi connectivity index (χ2v) is 10.7. The maximum Gasteiger partial charge on any atom is 0.254 e. The van der Waals surface area contributed by atoms with E-state index in [9.17, 15) is 14.7 Å². The average molecular weight is 523 g/mol. The molecular formula is C29H38N4O5. The van der Waals surface area contributed by atoms with Crippen LogP contribution >= 0.6 is 0 Å². The molecule has 4 rings (SSSR count). The fraction of sp³-hybridized carbons (Fsp3) is 0.483. The first-order valence-electron chi connectivity index (χ1n) is 13.1. The maximum atomic E-state index is 13.6. The van der Waals surface area contributed by atoms with Crippen LogP contribution in [-0.4, -0.2) is 74.0 Å². The quantitative estimate of drug-likeness (QED) is 0.433. The van der Waals surface area contributed by atoms with Gasteiger partial charge < -0.3 is 29.7 Å². The number of anilines is 1. The van der Waals surface area contributed by atoms with E-state index in [2.05, 4.69) is 31.0 Å². The van der Waals surface area contributed by atoms with Gasteiger partial charge in [0.25, 0.3) is 5.91 Å². The van der Waals surface area contributed by atoms with Crippen LogP contribution in [-0.2, 0) is 12.0 Å². The van der Waals surface area contributed by atoms with E-state index in [-0.39, 0.29) is 36.1 Å². The van der Waals surface area contributed by atoms with E-state index in [1.54, 1.807) is 24.1 Å². The van der Waals surface area contributed by atoms with Gasteiger partial charge in [-0.05, 0) is 48.6 Å². The fourth-order valence-electron chi connectivity index (χ4n) is 5.01. The lowest BCUT2D eigenvalue weighted by molar-refractivity contribution is 0.0953. The van der Waals surface area contributed by atoms with E-state index in [0.29, 0.717) is 61.7 Å². The summed E-state index contributed by atoms with van der Waals surface area (Å²) < 4.78 is 11.8. The smallest absolute Gasteiger partial charge is 0.254 e. The van der Waals surface area contributed by atoms with E-state index in [0.717, 1.165) is 22.6 Å². The summed E-state index contributed by atoms with van der Waals surface area (Å²) in [7, 11) is 1.56. The predicted octanol–water partition coefficient (Wildman–Crippen LogP) is 3.35. The Morgan fingerprint density at radius 2 is 1.95 bits per heavy atom. The van der Waals surface area contributed by atoms with Crippen LogP contribution < -0.4 is 19.7 Å². The molecule has 9 heteroatoms. The highest BCUT2D eigenvalue weighted by Crippen LogP contribution is 2.42. The van der Waals surface area contributed by atoms with Gasteiger partial charge >= 0.3 is 0 Å². The molecule has 38 heavy (non-hydrogen) atoms. The monoisotopic (exact) mass is 522 g/mol. The van der Waals surface area contributed by atoms with Crippen LogP contribution in [0.2, 0.25) is 0 Å². The summed E-state index contributed by atoms with van der Waals surface area (Å²) in [5.41, 5.74) is 4.01. The number of carbonyl (C=O) groups is 2. The van der Waals surface area contributed by atoms with Gasteiger partial charge in [0.2, 0.25) is 0 Å². The number of aliphatic hydroxyl groups is 1. The molecule has 2 aliphatic rings. The molecule has 2 heterocycles. The Labute approximate surface area is 224 Å². The minimum atomic E-state index is -0.282. The van der Waals surface area contributed by atoms with Crippen molar-refractivity contribution in [3.8, 4) is 11.5 Å². The van der Waals surface area contributed by atoms with Crippen molar-refractivity contribution in [1.82, 2.24) is 10.2 Å². The van der Waals surface area contributed by atoms with Crippen LogP contribution in [0.25, 0.3) is 0 Å². The molecule has 0 bridgehead atoms. The molecule has 0 aliphatic carbocycles. The minimum Gasteiger partial charge on any atom is -0.493 e. The van der Waals surface area contributed by atoms with Crippen LogP contribution in [0.3, 0.4) is 0 Å². The lowest BCUT2D eigenvalue weighted by Crippen LogP contribution is -2.36. The van der Waals surface area contributed by atoms with Gasteiger partial charge in [0.15, 0.2) is 5.78 Å². The zero-order valence-corrected chi connectivity index (χ0v) is 22.9. The number of Topliss-reactive ketones (excluding diaryl/α,β-unsaturated/α-hetero) is 1. The molecule has 0 atom stereocenters. The van der Waals surface area contributed by atoms with Gasteiger partial charge in [0.05, 0.1) is 30.9 Å². The summed E-state index contributed by atoms with van der Waals surface area (Å²) in [6.45, 7) is 11.0. The number of hydrogen-bond donors (Lipinski definition) is 3. The molecule has 1 amide bonds. The molecule has 0 unspecified atom stereocenters. The van der Waals surface area contributed by atoms with E-state index in [1.807, 2.05) is 19.1 Å². The van der Waals surface area contributed by atoms with Crippen molar-refractivity contribution in [1.29, 1.82) is 5.41 Å². The van der Waals surface area contributed by atoms with Gasteiger partial charge in [0, 0.05) is 43.4 Å². The topological polar surface area (TPSA) is 115 Å². The Hall–Kier alpha value is -3.59. The zero-order chi connectivity index (χ0) is 27.6. The zero-order valence-electron chi connectivity index (χ0n) is 22.9. The second-order valence-electron chi connectivity index (χ2n) is 10.7. The number of nitrogens with zero attached hydrogens (tertiary/aromatic N) is 2. The Morgan fingerprint density at radius 3 is 2.61 bits per heavy atom. The van der Waals surface area contributed by atoms with Gasteiger partial charge in [-0.1, -0.05) is 20.8 Å². The summed E-state index contributed by atoms with van der Waals surface area (Å²) in [5, 5.41) is 20.8. The minimum absolute atomic E-state index is 0.0344. The molecule has 0 radical (unpaired) electrons. The standard InChI is InChI=1S/C29H38N4O5/c1-6-37-25-14-19-16-33(27(30)20(19)15-21(25)28(36)31-5)17-24(35)18-12-22(29(2,3)4)26-23(13-18)32(8-7-10-34)9-11-38-26/h12-15,30,34H,6-11,16-17H2,1-5H3,(H,31,36). The van der Waals surface area contributed by atoms with Crippen molar-refractivity contribution < 1.29 is 24.2 Å². The summed E-state index contributed by atoms with van der Waals surface area (Å²) in [6, 6.07) is 7.28. The van der Waals surface area contributed by atoms with E-state index < -0.39 is 0 Å². The summed E-state index contributed by atoms with van der Waals surface area (Å²) in [4.78, 5) is 30.0. The number of aliphatic hydroxyl groups excluding tert-OH is 1. The lowest BCUT2D eigenvalue weighted by atomic mass is 9.84. The van der Waals surface area contributed by atoms with Gasteiger partial charge in [-0.15, -0.1) is 0 Å². The number of nitrogens with one attached hydrogen (secondary N) is 2. The highest BCUT2D eigenvalue weighted by atomic mass is 16.5. The van der Waals surface area contributed by atoms with E-state index >= 15 is 0 Å². The molecule has 0 fully saturated rings. The van der Waals surface area contributed by atoms with Crippen molar-refractivity contribution in [3.05, 3.63) is 52.1 Å². The van der Waals surface area contributed by atoms with Crippen LogP contribution in [0.4, 0.5) is 5.69 Å². The van der Waals surface area contributed by atoms with E-state index in [4.69, 9.17) is 14.9 Å². The second kappa shape index (κ2) is 11.0. The third-order valence-corrected chi connectivity index (χ3v) is 6.98. The number of ether oxygens (including phenoxy) is 2. The fourth-order valence-corrected chi connectivity index (χ4v) is 5.01. The third-order valence-electron chi connectivity index (χ3n) is 6.98. The Morgan fingerprint density at radius 1 is 1.18 bits per heavy atom. The first-order chi connectivity index (χ1) is 18.1. The molecular weight excluding hydrogens is 484 g/mol. The Kier molecular flexibility index (Phi) is 7.97. The normalized spacial score (nSPS) is 14.6. The highest BCUT2D eigenvalue weighted by molar-refractivity contribution is 6.08.